The Hall–Kier alpha value is -1.37. The fraction of sp³-hybridized carbons (Fsp3) is 0.636. The fourth-order valence-corrected chi connectivity index (χ4v) is 2.33. The van der Waals surface area contributed by atoms with Gasteiger partial charge in [-0.2, -0.15) is 17.7 Å². The van der Waals surface area contributed by atoms with Crippen LogP contribution < -0.4 is 5.56 Å². The fourth-order valence-electron chi connectivity index (χ4n) is 1.80. The molecule has 0 aliphatic carbocycles. The molecule has 0 saturated carbocycles. The van der Waals surface area contributed by atoms with Crippen LogP contribution in [0.3, 0.4) is 0 Å². The van der Waals surface area contributed by atoms with Crippen molar-refractivity contribution in [1.82, 2.24) is 24.8 Å². The van der Waals surface area contributed by atoms with Crippen LogP contribution in [0.2, 0.25) is 0 Å². The number of hydrogen-bond acceptors (Lipinski definition) is 5. The highest BCUT2D eigenvalue weighted by Gasteiger charge is 2.16. The third-order valence-corrected chi connectivity index (χ3v) is 3.67. The van der Waals surface area contributed by atoms with Gasteiger partial charge in [-0.3, -0.25) is 4.79 Å². The second-order valence-corrected chi connectivity index (χ2v) is 5.13. The molecule has 18 heavy (non-hydrogen) atoms. The van der Waals surface area contributed by atoms with Crippen LogP contribution >= 0.6 is 12.6 Å². The van der Waals surface area contributed by atoms with E-state index in [-0.39, 0.29) is 5.56 Å². The van der Waals surface area contributed by atoms with Crippen LogP contribution in [-0.2, 0) is 13.6 Å². The van der Waals surface area contributed by atoms with Crippen molar-refractivity contribution in [3.05, 3.63) is 16.6 Å². The molecule has 0 saturated heterocycles. The van der Waals surface area contributed by atoms with Gasteiger partial charge in [-0.05, 0) is 17.6 Å². The van der Waals surface area contributed by atoms with Crippen molar-refractivity contribution >= 4 is 23.7 Å². The monoisotopic (exact) mass is 267 g/mol. The highest BCUT2D eigenvalue weighted by molar-refractivity contribution is 7.80. The molecule has 0 aliphatic rings. The van der Waals surface area contributed by atoms with Crippen LogP contribution in [0.1, 0.15) is 13.8 Å². The minimum atomic E-state index is -0.138. The van der Waals surface area contributed by atoms with E-state index in [0.29, 0.717) is 29.4 Å². The van der Waals surface area contributed by atoms with Crippen LogP contribution in [-0.4, -0.2) is 30.5 Å². The predicted molar refractivity (Wildman–Crippen MR) is 72.7 cm³/mol. The van der Waals surface area contributed by atoms with Gasteiger partial charge in [-0.25, -0.2) is 9.36 Å². The lowest BCUT2D eigenvalue weighted by molar-refractivity contribution is 0.342. The van der Waals surface area contributed by atoms with Crippen LogP contribution in [0.4, 0.5) is 0 Å². The van der Waals surface area contributed by atoms with E-state index >= 15 is 0 Å². The summed E-state index contributed by atoms with van der Waals surface area (Å²) in [6.45, 7) is 4.77. The first-order valence-corrected chi connectivity index (χ1v) is 6.54. The quantitative estimate of drug-likeness (QED) is 0.829. The molecule has 2 heterocycles. The third kappa shape index (κ3) is 2.27. The molecule has 0 N–H and O–H groups in total. The maximum Gasteiger partial charge on any atom is 0.280 e. The summed E-state index contributed by atoms with van der Waals surface area (Å²) in [5.41, 5.74) is 0.378. The summed E-state index contributed by atoms with van der Waals surface area (Å²) in [5, 5.41) is 12.5. The summed E-state index contributed by atoms with van der Waals surface area (Å²) in [6.07, 6.45) is 1.54. The van der Waals surface area contributed by atoms with Crippen molar-refractivity contribution in [2.75, 3.05) is 5.75 Å². The summed E-state index contributed by atoms with van der Waals surface area (Å²) < 4.78 is 2.96. The molecule has 0 amide bonds. The number of thiol groups is 1. The van der Waals surface area contributed by atoms with Gasteiger partial charge in [0.15, 0.2) is 5.65 Å². The highest BCUT2D eigenvalue weighted by atomic mass is 32.1. The number of fused-ring (bicyclic) bond motifs is 1. The van der Waals surface area contributed by atoms with Crippen LogP contribution in [0, 0.1) is 11.8 Å². The van der Waals surface area contributed by atoms with Crippen molar-refractivity contribution in [2.24, 2.45) is 18.9 Å². The summed E-state index contributed by atoms with van der Waals surface area (Å²) in [6, 6.07) is 0. The van der Waals surface area contributed by atoms with Gasteiger partial charge in [0.25, 0.3) is 5.56 Å². The molecule has 98 valence electrons. The summed E-state index contributed by atoms with van der Waals surface area (Å²) in [4.78, 5) is 12.2. The Balaban J connectivity index is 2.40. The minimum absolute atomic E-state index is 0.138. The Labute approximate surface area is 110 Å². The van der Waals surface area contributed by atoms with Gasteiger partial charge in [0.2, 0.25) is 0 Å². The van der Waals surface area contributed by atoms with E-state index in [1.165, 1.54) is 10.9 Å². The first-order chi connectivity index (χ1) is 8.54. The molecule has 1 atom stereocenters. The Morgan fingerprint density at radius 2 is 2.17 bits per heavy atom. The summed E-state index contributed by atoms with van der Waals surface area (Å²) in [7, 11) is 1.74. The Morgan fingerprint density at radius 3 is 2.78 bits per heavy atom. The number of aromatic nitrogens is 5. The molecule has 0 fully saturated rings. The van der Waals surface area contributed by atoms with Gasteiger partial charge < -0.3 is 0 Å². The zero-order chi connectivity index (χ0) is 13.3. The number of hydrogen-bond donors (Lipinski definition) is 1. The van der Waals surface area contributed by atoms with Gasteiger partial charge in [0, 0.05) is 7.05 Å². The van der Waals surface area contributed by atoms with E-state index in [4.69, 9.17) is 0 Å². The maximum absolute atomic E-state index is 12.2. The van der Waals surface area contributed by atoms with Crippen molar-refractivity contribution in [1.29, 1.82) is 0 Å². The predicted octanol–water partition coefficient (Wildman–Crippen LogP) is 0.727. The van der Waals surface area contributed by atoms with Gasteiger partial charge >= 0.3 is 0 Å². The highest BCUT2D eigenvalue weighted by Crippen LogP contribution is 2.14. The number of aryl methyl sites for hydroxylation is 1. The van der Waals surface area contributed by atoms with Gasteiger partial charge in [0.05, 0.1) is 12.7 Å². The molecule has 7 heteroatoms. The van der Waals surface area contributed by atoms with Crippen LogP contribution in [0.15, 0.2) is 11.0 Å². The lowest BCUT2D eigenvalue weighted by atomic mass is 9.98. The molecule has 0 bridgehead atoms. The SMILES string of the molecule is CC(C)C(CS)Cn1nnc2c(cnn2C)c1=O. The zero-order valence-electron chi connectivity index (χ0n) is 10.7. The smallest absolute Gasteiger partial charge is 0.267 e. The van der Waals surface area contributed by atoms with Crippen molar-refractivity contribution in [3.8, 4) is 0 Å². The minimum Gasteiger partial charge on any atom is -0.267 e. The third-order valence-electron chi connectivity index (χ3n) is 3.20. The van der Waals surface area contributed by atoms with Crippen molar-refractivity contribution < 1.29 is 0 Å². The van der Waals surface area contributed by atoms with Gasteiger partial charge in [0.1, 0.15) is 5.39 Å². The molecule has 2 aromatic heterocycles. The van der Waals surface area contributed by atoms with Gasteiger partial charge in [-0.1, -0.05) is 19.1 Å². The molecule has 2 aromatic rings. The lowest BCUT2D eigenvalue weighted by Gasteiger charge is -2.18. The molecular weight excluding hydrogens is 250 g/mol. The van der Waals surface area contributed by atoms with Crippen LogP contribution in [0.25, 0.3) is 11.0 Å². The first kappa shape index (κ1) is 13.1. The average molecular weight is 267 g/mol. The molecule has 2 rings (SSSR count). The van der Waals surface area contributed by atoms with E-state index in [0.717, 1.165) is 5.75 Å². The largest absolute Gasteiger partial charge is 0.280 e. The first-order valence-electron chi connectivity index (χ1n) is 5.91. The average Bonchev–Trinajstić information content (AvgIpc) is 2.71. The molecule has 0 spiro atoms. The normalized spacial score (nSPS) is 13.4. The van der Waals surface area contributed by atoms with E-state index in [9.17, 15) is 4.79 Å². The molecule has 1 unspecified atom stereocenters. The van der Waals surface area contributed by atoms with Crippen molar-refractivity contribution in [3.63, 3.8) is 0 Å². The molecular formula is C11H17N5OS. The summed E-state index contributed by atoms with van der Waals surface area (Å²) >= 11 is 4.32. The Morgan fingerprint density at radius 1 is 1.44 bits per heavy atom. The number of rotatable bonds is 4. The van der Waals surface area contributed by atoms with E-state index in [1.807, 2.05) is 0 Å². The zero-order valence-corrected chi connectivity index (χ0v) is 11.6. The lowest BCUT2D eigenvalue weighted by Crippen LogP contribution is -2.30. The Bertz CT molecular complexity index is 603. The van der Waals surface area contributed by atoms with Crippen molar-refractivity contribution in [2.45, 2.75) is 20.4 Å². The molecule has 0 aliphatic heterocycles. The van der Waals surface area contributed by atoms with Gasteiger partial charge in [-0.15, -0.1) is 5.10 Å². The Kier molecular flexibility index (Phi) is 3.70. The second-order valence-electron chi connectivity index (χ2n) is 4.77. The maximum atomic E-state index is 12.2. The molecule has 6 nitrogen and oxygen atoms in total. The number of nitrogens with zero attached hydrogens (tertiary/aromatic N) is 5. The van der Waals surface area contributed by atoms with E-state index in [1.54, 1.807) is 11.7 Å². The molecule has 0 radical (unpaired) electrons. The topological polar surface area (TPSA) is 65.6 Å². The summed E-state index contributed by atoms with van der Waals surface area (Å²) in [5.74, 6) is 1.46. The second kappa shape index (κ2) is 5.09. The van der Waals surface area contributed by atoms with Crippen LogP contribution in [0.5, 0.6) is 0 Å². The van der Waals surface area contributed by atoms with E-state index < -0.39 is 0 Å². The standard InChI is InChI=1S/C11H17N5OS/c1-7(2)8(6-18)5-16-11(17)9-4-12-15(3)10(9)13-14-16/h4,7-8,18H,5-6H2,1-3H3. The molecule has 0 aromatic carbocycles. The van der Waals surface area contributed by atoms with E-state index in [2.05, 4.69) is 41.9 Å².